The van der Waals surface area contributed by atoms with E-state index in [0.29, 0.717) is 22.4 Å². The maximum atomic E-state index is 13.2. The van der Waals surface area contributed by atoms with Crippen LogP contribution in [0.4, 0.5) is 5.69 Å². The Kier molecular flexibility index (Phi) is 7.27. The molecule has 0 unspecified atom stereocenters. The van der Waals surface area contributed by atoms with Crippen molar-refractivity contribution in [2.45, 2.75) is 19.8 Å². The summed E-state index contributed by atoms with van der Waals surface area (Å²) < 4.78 is 11.7. The minimum absolute atomic E-state index is 0.205. The predicted molar refractivity (Wildman–Crippen MR) is 133 cm³/mol. The van der Waals surface area contributed by atoms with Crippen LogP contribution in [0.5, 0.6) is 0 Å². The fraction of sp³-hybridized carbons (Fsp3) is 0.192. The summed E-state index contributed by atoms with van der Waals surface area (Å²) in [6.45, 7) is 3.91. The van der Waals surface area contributed by atoms with Crippen molar-refractivity contribution >= 4 is 33.6 Å². The second-order valence-electron chi connectivity index (χ2n) is 7.49. The molecule has 0 atom stereocenters. The van der Waals surface area contributed by atoms with Gasteiger partial charge in [-0.15, -0.1) is 0 Å². The van der Waals surface area contributed by atoms with E-state index in [9.17, 15) is 9.59 Å². The highest BCUT2D eigenvalue weighted by atomic mass is 79.9. The SMILES string of the molecule is CCOC(=O)C1=CN(c2ccc(Br)cc2)C=C(C(=O)OCC)C1c1cn[nH]c1-c1ccccc1. The third-order valence-electron chi connectivity index (χ3n) is 5.37. The quantitative estimate of drug-likeness (QED) is 0.422. The lowest BCUT2D eigenvalue weighted by atomic mass is 9.82. The Morgan fingerprint density at radius 2 is 1.53 bits per heavy atom. The molecule has 7 nitrogen and oxygen atoms in total. The summed E-state index contributed by atoms with van der Waals surface area (Å²) in [7, 11) is 0. The van der Waals surface area contributed by atoms with Crippen LogP contribution in [0.2, 0.25) is 0 Å². The van der Waals surface area contributed by atoms with Crippen LogP contribution in [-0.4, -0.2) is 35.3 Å². The van der Waals surface area contributed by atoms with Gasteiger partial charge in [0.1, 0.15) is 0 Å². The van der Waals surface area contributed by atoms with Gasteiger partial charge in [0.15, 0.2) is 0 Å². The molecule has 174 valence electrons. The molecule has 8 heteroatoms. The van der Waals surface area contributed by atoms with Crippen LogP contribution in [0.1, 0.15) is 25.3 Å². The minimum atomic E-state index is -0.723. The van der Waals surface area contributed by atoms with Crippen LogP contribution in [0.25, 0.3) is 11.3 Å². The van der Waals surface area contributed by atoms with Crippen LogP contribution >= 0.6 is 15.9 Å². The second-order valence-corrected chi connectivity index (χ2v) is 8.41. The van der Waals surface area contributed by atoms with Gasteiger partial charge in [0.2, 0.25) is 0 Å². The zero-order chi connectivity index (χ0) is 24.1. The Balaban J connectivity index is 1.89. The number of hydrogen-bond donors (Lipinski definition) is 1. The Bertz CT molecular complexity index is 1200. The molecule has 0 saturated carbocycles. The van der Waals surface area contributed by atoms with Crippen molar-refractivity contribution in [1.29, 1.82) is 0 Å². The molecule has 0 aliphatic carbocycles. The highest BCUT2D eigenvalue weighted by molar-refractivity contribution is 9.10. The van der Waals surface area contributed by atoms with Crippen molar-refractivity contribution in [3.8, 4) is 11.3 Å². The summed E-state index contributed by atoms with van der Waals surface area (Å²) in [6, 6.07) is 17.2. The number of rotatable bonds is 7. The zero-order valence-electron chi connectivity index (χ0n) is 18.8. The molecule has 4 rings (SSSR count). The fourth-order valence-corrected chi connectivity index (χ4v) is 4.14. The first-order valence-corrected chi connectivity index (χ1v) is 11.7. The lowest BCUT2D eigenvalue weighted by molar-refractivity contribution is -0.139. The van der Waals surface area contributed by atoms with E-state index >= 15 is 0 Å². The van der Waals surface area contributed by atoms with Crippen LogP contribution in [0.3, 0.4) is 0 Å². The van der Waals surface area contributed by atoms with Crippen molar-refractivity contribution < 1.29 is 19.1 Å². The highest BCUT2D eigenvalue weighted by Gasteiger charge is 2.38. The number of anilines is 1. The first kappa shape index (κ1) is 23.5. The normalized spacial score (nSPS) is 13.8. The van der Waals surface area contributed by atoms with Gasteiger partial charge in [0.25, 0.3) is 0 Å². The molecule has 1 aliphatic rings. The molecule has 1 N–H and O–H groups in total. The molecule has 0 saturated heterocycles. The number of carbonyl (C=O) groups is 2. The molecule has 0 amide bonds. The van der Waals surface area contributed by atoms with Gasteiger partial charge in [-0.3, -0.25) is 5.10 Å². The number of carbonyl (C=O) groups excluding carboxylic acids is 2. The van der Waals surface area contributed by atoms with E-state index in [1.807, 2.05) is 54.6 Å². The molecular weight excluding hydrogens is 498 g/mol. The average molecular weight is 522 g/mol. The van der Waals surface area contributed by atoms with Crippen molar-refractivity contribution in [1.82, 2.24) is 10.2 Å². The molecule has 2 heterocycles. The topological polar surface area (TPSA) is 84.5 Å². The number of aromatic amines is 1. The summed E-state index contributed by atoms with van der Waals surface area (Å²) in [5, 5.41) is 7.26. The summed E-state index contributed by atoms with van der Waals surface area (Å²) in [5.41, 5.74) is 3.69. The molecule has 3 aromatic rings. The number of hydrogen-bond acceptors (Lipinski definition) is 6. The molecule has 0 fully saturated rings. The number of aromatic nitrogens is 2. The van der Waals surface area contributed by atoms with E-state index in [1.165, 1.54) is 0 Å². The van der Waals surface area contributed by atoms with Gasteiger partial charge >= 0.3 is 11.9 Å². The van der Waals surface area contributed by atoms with Gasteiger partial charge < -0.3 is 14.4 Å². The van der Waals surface area contributed by atoms with Crippen molar-refractivity contribution in [2.75, 3.05) is 18.1 Å². The third kappa shape index (κ3) is 4.82. The second kappa shape index (κ2) is 10.5. The summed E-state index contributed by atoms with van der Waals surface area (Å²) in [5.74, 6) is -1.74. The van der Waals surface area contributed by atoms with Crippen LogP contribution in [-0.2, 0) is 19.1 Å². The van der Waals surface area contributed by atoms with E-state index in [0.717, 1.165) is 15.7 Å². The lowest BCUT2D eigenvalue weighted by Gasteiger charge is -2.30. The largest absolute Gasteiger partial charge is 0.463 e. The zero-order valence-corrected chi connectivity index (χ0v) is 20.4. The number of ether oxygens (including phenoxy) is 2. The Morgan fingerprint density at radius 3 is 2.09 bits per heavy atom. The van der Waals surface area contributed by atoms with E-state index in [4.69, 9.17) is 9.47 Å². The average Bonchev–Trinajstić information content (AvgIpc) is 3.34. The Morgan fingerprint density at radius 1 is 0.941 bits per heavy atom. The van der Waals surface area contributed by atoms with E-state index < -0.39 is 17.9 Å². The van der Waals surface area contributed by atoms with Crippen LogP contribution in [0, 0.1) is 0 Å². The summed E-state index contributed by atoms with van der Waals surface area (Å²) in [6.07, 6.45) is 5.05. The van der Waals surface area contributed by atoms with Gasteiger partial charge in [0, 0.05) is 28.1 Å². The maximum absolute atomic E-state index is 13.2. The first-order chi connectivity index (χ1) is 16.5. The Labute approximate surface area is 206 Å². The maximum Gasteiger partial charge on any atom is 0.336 e. The van der Waals surface area contributed by atoms with E-state index in [1.54, 1.807) is 37.3 Å². The monoisotopic (exact) mass is 521 g/mol. The number of H-pyrrole nitrogens is 1. The predicted octanol–water partition coefficient (Wildman–Crippen LogP) is 5.34. The number of halogens is 1. The third-order valence-corrected chi connectivity index (χ3v) is 5.90. The van der Waals surface area contributed by atoms with E-state index in [-0.39, 0.29) is 13.2 Å². The van der Waals surface area contributed by atoms with Gasteiger partial charge in [-0.25, -0.2) is 9.59 Å². The summed E-state index contributed by atoms with van der Waals surface area (Å²) in [4.78, 5) is 28.1. The lowest BCUT2D eigenvalue weighted by Crippen LogP contribution is -2.29. The van der Waals surface area contributed by atoms with Gasteiger partial charge in [-0.2, -0.15) is 5.10 Å². The minimum Gasteiger partial charge on any atom is -0.463 e. The van der Waals surface area contributed by atoms with Gasteiger partial charge in [-0.1, -0.05) is 46.3 Å². The molecular formula is C26H24BrN3O4. The van der Waals surface area contributed by atoms with Crippen molar-refractivity contribution in [2.24, 2.45) is 0 Å². The number of nitrogens with zero attached hydrogens (tertiary/aromatic N) is 2. The molecule has 34 heavy (non-hydrogen) atoms. The van der Waals surface area contributed by atoms with Crippen LogP contribution in [0.15, 0.2) is 88.8 Å². The number of benzene rings is 2. The number of nitrogens with one attached hydrogen (secondary N) is 1. The molecule has 0 radical (unpaired) electrons. The molecule has 0 bridgehead atoms. The molecule has 2 aromatic carbocycles. The first-order valence-electron chi connectivity index (χ1n) is 10.9. The molecule has 1 aromatic heterocycles. The fourth-order valence-electron chi connectivity index (χ4n) is 3.87. The smallest absolute Gasteiger partial charge is 0.336 e. The standard InChI is InChI=1S/C26H24BrN3O4/c1-3-33-25(31)21-15-30(19-12-10-18(27)11-13-19)16-22(26(32)34-4-2)23(21)20-14-28-29-24(20)17-8-6-5-7-9-17/h5-16,23H,3-4H2,1-2H3,(H,28,29). The Hall–Kier alpha value is -3.65. The van der Waals surface area contributed by atoms with Gasteiger partial charge in [-0.05, 0) is 43.7 Å². The van der Waals surface area contributed by atoms with E-state index in [2.05, 4.69) is 26.1 Å². The number of esters is 2. The summed E-state index contributed by atoms with van der Waals surface area (Å²) >= 11 is 3.44. The highest BCUT2D eigenvalue weighted by Crippen LogP contribution is 2.41. The van der Waals surface area contributed by atoms with Crippen LogP contribution < -0.4 is 4.90 Å². The van der Waals surface area contributed by atoms with Crippen molar-refractivity contribution in [3.63, 3.8) is 0 Å². The van der Waals surface area contributed by atoms with Crippen molar-refractivity contribution in [3.05, 3.63) is 94.4 Å². The molecule has 0 spiro atoms. The molecule has 1 aliphatic heterocycles. The van der Waals surface area contributed by atoms with Gasteiger partial charge in [0.05, 0.1) is 42.2 Å².